The van der Waals surface area contributed by atoms with Crippen molar-refractivity contribution in [3.05, 3.63) is 54.2 Å². The normalized spacial score (nSPS) is 18.1. The molecule has 0 amide bonds. The van der Waals surface area contributed by atoms with Crippen molar-refractivity contribution in [3.8, 4) is 5.75 Å². The van der Waals surface area contributed by atoms with Gasteiger partial charge in [0.15, 0.2) is 5.96 Å². The van der Waals surface area contributed by atoms with Gasteiger partial charge in [0, 0.05) is 38.1 Å². The summed E-state index contributed by atoms with van der Waals surface area (Å²) >= 11 is 0. The van der Waals surface area contributed by atoms with Gasteiger partial charge in [0.05, 0.1) is 19.4 Å². The van der Waals surface area contributed by atoms with Crippen molar-refractivity contribution in [2.45, 2.75) is 25.9 Å². The Morgan fingerprint density at radius 2 is 2.25 bits per heavy atom. The summed E-state index contributed by atoms with van der Waals surface area (Å²) < 4.78 is 29.8. The fourth-order valence-electron chi connectivity index (χ4n) is 2.95. The number of ether oxygens (including phenoxy) is 2. The first-order chi connectivity index (χ1) is 13.7. The standard InChI is InChI=1S/C21H28FN3O3/c1-16(28-20-5-2-4-18(22)12-20)13-24-21(25-14-17-8-11-26-15-17)23-9-7-19-6-3-10-27-19/h2-6,10,12,16-17H,7-9,11,13-15H2,1H3,(H2,23,24,25). The number of guanidine groups is 1. The van der Waals surface area contributed by atoms with Gasteiger partial charge in [0.2, 0.25) is 0 Å². The highest BCUT2D eigenvalue weighted by Crippen LogP contribution is 2.14. The summed E-state index contributed by atoms with van der Waals surface area (Å²) in [5.41, 5.74) is 0. The van der Waals surface area contributed by atoms with Gasteiger partial charge in [0.1, 0.15) is 23.4 Å². The zero-order valence-corrected chi connectivity index (χ0v) is 16.2. The molecule has 0 aliphatic carbocycles. The molecule has 0 bridgehead atoms. The average Bonchev–Trinajstić information content (AvgIpc) is 3.37. The maximum Gasteiger partial charge on any atom is 0.191 e. The van der Waals surface area contributed by atoms with Gasteiger partial charge >= 0.3 is 0 Å². The summed E-state index contributed by atoms with van der Waals surface area (Å²) in [6.07, 6.45) is 3.33. The lowest BCUT2D eigenvalue weighted by Crippen LogP contribution is -2.41. The van der Waals surface area contributed by atoms with E-state index in [0.717, 1.165) is 44.3 Å². The number of halogens is 1. The molecule has 2 aromatic rings. The Balaban J connectivity index is 1.50. The highest BCUT2D eigenvalue weighted by molar-refractivity contribution is 5.79. The van der Waals surface area contributed by atoms with E-state index in [1.807, 2.05) is 19.1 Å². The first kappa shape index (κ1) is 20.2. The Hall–Kier alpha value is -2.54. The average molecular weight is 389 g/mol. The van der Waals surface area contributed by atoms with Gasteiger partial charge in [-0.2, -0.15) is 0 Å². The molecule has 1 fully saturated rings. The largest absolute Gasteiger partial charge is 0.489 e. The highest BCUT2D eigenvalue weighted by atomic mass is 19.1. The molecule has 1 aliphatic rings. The van der Waals surface area contributed by atoms with E-state index < -0.39 is 0 Å². The van der Waals surface area contributed by atoms with Gasteiger partial charge in [-0.1, -0.05) is 6.07 Å². The van der Waals surface area contributed by atoms with Crippen LogP contribution in [0.4, 0.5) is 4.39 Å². The van der Waals surface area contributed by atoms with E-state index >= 15 is 0 Å². The number of nitrogens with zero attached hydrogens (tertiary/aromatic N) is 1. The Labute approximate surface area is 165 Å². The Morgan fingerprint density at radius 3 is 3.00 bits per heavy atom. The first-order valence-electron chi connectivity index (χ1n) is 9.73. The first-order valence-corrected chi connectivity index (χ1v) is 9.73. The predicted molar refractivity (Wildman–Crippen MR) is 106 cm³/mol. The summed E-state index contributed by atoms with van der Waals surface area (Å²) in [6.45, 7) is 5.49. The van der Waals surface area contributed by atoms with Gasteiger partial charge in [-0.05, 0) is 37.6 Å². The maximum absolute atomic E-state index is 13.3. The molecule has 2 heterocycles. The number of hydrogen-bond donors (Lipinski definition) is 2. The Bertz CT molecular complexity index is 730. The second-order valence-electron chi connectivity index (χ2n) is 6.94. The van der Waals surface area contributed by atoms with Crippen molar-refractivity contribution in [1.29, 1.82) is 0 Å². The molecule has 152 valence electrons. The van der Waals surface area contributed by atoms with E-state index in [0.29, 0.717) is 24.8 Å². The van der Waals surface area contributed by atoms with Gasteiger partial charge in [-0.25, -0.2) is 9.38 Å². The van der Waals surface area contributed by atoms with Crippen LogP contribution in [0.15, 0.2) is 52.1 Å². The Morgan fingerprint density at radius 1 is 1.32 bits per heavy atom. The van der Waals surface area contributed by atoms with Gasteiger partial charge in [0.25, 0.3) is 0 Å². The molecule has 1 aromatic heterocycles. The molecule has 0 radical (unpaired) electrons. The van der Waals surface area contributed by atoms with Crippen LogP contribution >= 0.6 is 0 Å². The van der Waals surface area contributed by atoms with Crippen LogP contribution in [0.5, 0.6) is 5.75 Å². The number of rotatable bonds is 9. The lowest BCUT2D eigenvalue weighted by atomic mass is 10.1. The third-order valence-corrected chi connectivity index (χ3v) is 4.47. The minimum absolute atomic E-state index is 0.180. The quantitative estimate of drug-likeness (QED) is 0.510. The Kier molecular flexibility index (Phi) is 7.72. The van der Waals surface area contributed by atoms with Crippen LogP contribution in [0.25, 0.3) is 0 Å². The zero-order chi connectivity index (χ0) is 19.6. The molecule has 1 aliphatic heterocycles. The molecular formula is C21H28FN3O3. The summed E-state index contributed by atoms with van der Waals surface area (Å²) in [5.74, 6) is 2.35. The van der Waals surface area contributed by atoms with Crippen molar-refractivity contribution in [2.75, 3.05) is 32.8 Å². The molecule has 2 N–H and O–H groups in total. The minimum atomic E-state index is -0.311. The van der Waals surface area contributed by atoms with E-state index in [1.54, 1.807) is 18.4 Å². The van der Waals surface area contributed by atoms with E-state index in [1.165, 1.54) is 12.1 Å². The molecule has 6 nitrogen and oxygen atoms in total. The smallest absolute Gasteiger partial charge is 0.191 e. The van der Waals surface area contributed by atoms with Crippen LogP contribution in [0.3, 0.4) is 0 Å². The van der Waals surface area contributed by atoms with Crippen LogP contribution in [0.2, 0.25) is 0 Å². The van der Waals surface area contributed by atoms with E-state index in [-0.39, 0.29) is 11.9 Å². The molecule has 28 heavy (non-hydrogen) atoms. The van der Waals surface area contributed by atoms with E-state index in [9.17, 15) is 4.39 Å². The summed E-state index contributed by atoms with van der Waals surface area (Å²) in [6, 6.07) is 9.98. The molecule has 3 rings (SSSR count). The van der Waals surface area contributed by atoms with Crippen LogP contribution in [-0.4, -0.2) is 44.9 Å². The maximum atomic E-state index is 13.3. The van der Waals surface area contributed by atoms with Gasteiger partial charge in [-0.3, -0.25) is 0 Å². The molecule has 2 atom stereocenters. The van der Waals surface area contributed by atoms with Crippen molar-refractivity contribution in [2.24, 2.45) is 10.9 Å². The number of benzene rings is 1. The molecule has 2 unspecified atom stereocenters. The van der Waals surface area contributed by atoms with Gasteiger partial charge < -0.3 is 24.5 Å². The molecule has 1 aromatic carbocycles. The lowest BCUT2D eigenvalue weighted by molar-refractivity contribution is 0.186. The van der Waals surface area contributed by atoms with Crippen molar-refractivity contribution in [3.63, 3.8) is 0 Å². The van der Waals surface area contributed by atoms with Crippen LogP contribution in [0.1, 0.15) is 19.1 Å². The summed E-state index contributed by atoms with van der Waals surface area (Å²) in [7, 11) is 0. The molecule has 1 saturated heterocycles. The fraction of sp³-hybridized carbons (Fsp3) is 0.476. The number of aliphatic imine (C=N–C) groups is 1. The molecular weight excluding hydrogens is 361 g/mol. The topological polar surface area (TPSA) is 68.0 Å². The predicted octanol–water partition coefficient (Wildman–Crippen LogP) is 3.00. The van der Waals surface area contributed by atoms with Crippen molar-refractivity contribution in [1.82, 2.24) is 10.6 Å². The SMILES string of the molecule is CC(CN=C(NCCc1ccco1)NCC1CCOC1)Oc1cccc(F)c1. The molecule has 0 spiro atoms. The fourth-order valence-corrected chi connectivity index (χ4v) is 2.95. The van der Waals surface area contributed by atoms with Crippen molar-refractivity contribution >= 4 is 5.96 Å². The van der Waals surface area contributed by atoms with E-state index in [4.69, 9.17) is 13.9 Å². The number of furan rings is 1. The van der Waals surface area contributed by atoms with E-state index in [2.05, 4.69) is 15.6 Å². The third-order valence-electron chi connectivity index (χ3n) is 4.47. The summed E-state index contributed by atoms with van der Waals surface area (Å²) in [5, 5.41) is 6.72. The van der Waals surface area contributed by atoms with Crippen LogP contribution < -0.4 is 15.4 Å². The third kappa shape index (κ3) is 6.88. The second-order valence-corrected chi connectivity index (χ2v) is 6.94. The minimum Gasteiger partial charge on any atom is -0.489 e. The second kappa shape index (κ2) is 10.7. The molecule has 7 heteroatoms. The van der Waals surface area contributed by atoms with Crippen LogP contribution in [-0.2, 0) is 11.2 Å². The van der Waals surface area contributed by atoms with Crippen molar-refractivity contribution < 1.29 is 18.3 Å². The molecule has 0 saturated carbocycles. The zero-order valence-electron chi connectivity index (χ0n) is 16.2. The lowest BCUT2D eigenvalue weighted by Gasteiger charge is -2.17. The van der Waals surface area contributed by atoms with Crippen LogP contribution in [0, 0.1) is 11.7 Å². The number of nitrogens with one attached hydrogen (secondary N) is 2. The number of hydrogen-bond acceptors (Lipinski definition) is 4. The summed E-state index contributed by atoms with van der Waals surface area (Å²) in [4.78, 5) is 4.63. The highest BCUT2D eigenvalue weighted by Gasteiger charge is 2.16. The van der Waals surface area contributed by atoms with Gasteiger partial charge in [-0.15, -0.1) is 0 Å². The monoisotopic (exact) mass is 389 g/mol.